The predicted molar refractivity (Wildman–Crippen MR) is 89.0 cm³/mol. The number of thioether (sulfide) groups is 1. The van der Waals surface area contributed by atoms with Crippen LogP contribution in [0, 0.1) is 0 Å². The van der Waals surface area contributed by atoms with Gasteiger partial charge in [-0.2, -0.15) is 11.8 Å². The van der Waals surface area contributed by atoms with E-state index in [1.54, 1.807) is 18.7 Å². The van der Waals surface area contributed by atoms with Gasteiger partial charge in [-0.15, -0.1) is 0 Å². The van der Waals surface area contributed by atoms with Gasteiger partial charge in [-0.1, -0.05) is 29.8 Å². The summed E-state index contributed by atoms with van der Waals surface area (Å²) in [6, 6.07) is 7.47. The Morgan fingerprint density at radius 1 is 1.43 bits per heavy atom. The van der Waals surface area contributed by atoms with Crippen molar-refractivity contribution in [1.82, 2.24) is 5.32 Å². The molecule has 2 atom stereocenters. The lowest BCUT2D eigenvalue weighted by molar-refractivity contribution is 0.0239. The third kappa shape index (κ3) is 8.04. The minimum Gasteiger partial charge on any atom is -0.389 e. The monoisotopic (exact) mass is 333 g/mol. The Morgan fingerprint density at radius 3 is 2.81 bits per heavy atom. The van der Waals surface area contributed by atoms with E-state index in [0.29, 0.717) is 30.5 Å². The highest BCUT2D eigenvalue weighted by molar-refractivity contribution is 7.98. The summed E-state index contributed by atoms with van der Waals surface area (Å²) in [7, 11) is 0. The van der Waals surface area contributed by atoms with Crippen LogP contribution in [-0.4, -0.2) is 53.6 Å². The molecule has 2 unspecified atom stereocenters. The number of ether oxygens (including phenoxy) is 1. The summed E-state index contributed by atoms with van der Waals surface area (Å²) in [5.41, 5.74) is 0.139. The minimum atomic E-state index is -0.766. The Bertz CT molecular complexity index is 418. The van der Waals surface area contributed by atoms with E-state index in [1.165, 1.54) is 0 Å². The number of nitrogens with one attached hydrogen (secondary N) is 1. The van der Waals surface area contributed by atoms with Crippen molar-refractivity contribution in [3.05, 3.63) is 34.9 Å². The number of hydrogen-bond donors (Lipinski definition) is 3. The summed E-state index contributed by atoms with van der Waals surface area (Å²) >= 11 is 7.61. The van der Waals surface area contributed by atoms with Crippen LogP contribution in [0.5, 0.6) is 0 Å². The molecule has 0 aromatic heterocycles. The molecule has 1 aromatic rings. The van der Waals surface area contributed by atoms with Crippen LogP contribution in [0.1, 0.15) is 12.5 Å². The molecule has 4 nitrogen and oxygen atoms in total. The zero-order valence-electron chi connectivity index (χ0n) is 12.5. The molecule has 1 aromatic carbocycles. The smallest absolute Gasteiger partial charge is 0.0897 e. The Hall–Kier alpha value is -0.300. The summed E-state index contributed by atoms with van der Waals surface area (Å²) in [5, 5.41) is 23.5. The molecular formula is C15H24ClNO3S. The summed E-state index contributed by atoms with van der Waals surface area (Å²) in [6.45, 7) is 3.20. The lowest BCUT2D eigenvalue weighted by atomic mass is 10.1. The van der Waals surface area contributed by atoms with Crippen molar-refractivity contribution in [2.24, 2.45) is 0 Å². The maximum Gasteiger partial charge on any atom is 0.0897 e. The number of hydrogen-bond acceptors (Lipinski definition) is 5. The third-order valence-corrected chi connectivity index (χ3v) is 4.15. The molecule has 120 valence electrons. The van der Waals surface area contributed by atoms with Crippen LogP contribution in [-0.2, 0) is 11.3 Å². The van der Waals surface area contributed by atoms with Gasteiger partial charge in [0.1, 0.15) is 0 Å². The lowest BCUT2D eigenvalue weighted by Crippen LogP contribution is -2.43. The minimum absolute atomic E-state index is 0.225. The molecular weight excluding hydrogens is 310 g/mol. The van der Waals surface area contributed by atoms with Crippen LogP contribution < -0.4 is 5.32 Å². The number of halogens is 1. The van der Waals surface area contributed by atoms with Crippen molar-refractivity contribution < 1.29 is 14.9 Å². The Kier molecular flexibility index (Phi) is 8.63. The molecule has 3 N–H and O–H groups in total. The van der Waals surface area contributed by atoms with Gasteiger partial charge in [0, 0.05) is 23.9 Å². The second-order valence-electron chi connectivity index (χ2n) is 5.32. The highest BCUT2D eigenvalue weighted by atomic mass is 35.5. The van der Waals surface area contributed by atoms with Gasteiger partial charge in [-0.3, -0.25) is 0 Å². The first kappa shape index (κ1) is 18.7. The summed E-state index contributed by atoms with van der Waals surface area (Å²) in [5.74, 6) is 0.652. The molecule has 0 aliphatic heterocycles. The summed E-state index contributed by atoms with van der Waals surface area (Å²) < 4.78 is 5.45. The van der Waals surface area contributed by atoms with E-state index in [9.17, 15) is 10.2 Å². The van der Waals surface area contributed by atoms with Gasteiger partial charge in [0.25, 0.3) is 0 Å². The number of aliphatic hydroxyl groups excluding tert-OH is 1. The van der Waals surface area contributed by atoms with Crippen LogP contribution in [0.15, 0.2) is 24.3 Å². The molecule has 0 saturated carbocycles. The molecule has 0 amide bonds. The maximum absolute atomic E-state index is 9.97. The third-order valence-electron chi connectivity index (χ3n) is 2.87. The SMILES string of the molecule is CSCC(C)(O)CNCC(O)COCc1ccccc1Cl. The van der Waals surface area contributed by atoms with E-state index in [1.807, 2.05) is 30.5 Å². The highest BCUT2D eigenvalue weighted by Gasteiger charge is 2.19. The number of benzene rings is 1. The van der Waals surface area contributed by atoms with E-state index in [4.69, 9.17) is 16.3 Å². The average Bonchev–Trinajstić information content (AvgIpc) is 2.40. The van der Waals surface area contributed by atoms with Crippen molar-refractivity contribution >= 4 is 23.4 Å². The van der Waals surface area contributed by atoms with Gasteiger partial charge in [0.2, 0.25) is 0 Å². The Morgan fingerprint density at radius 2 is 2.14 bits per heavy atom. The van der Waals surface area contributed by atoms with Crippen LogP contribution in [0.3, 0.4) is 0 Å². The first-order valence-corrected chi connectivity index (χ1v) is 8.63. The van der Waals surface area contributed by atoms with Crippen LogP contribution >= 0.6 is 23.4 Å². The normalized spacial score (nSPS) is 15.7. The molecule has 0 aliphatic rings. The predicted octanol–water partition coefficient (Wildman–Crippen LogP) is 1.92. The maximum atomic E-state index is 9.97. The van der Waals surface area contributed by atoms with Crippen molar-refractivity contribution in [2.45, 2.75) is 25.2 Å². The average molecular weight is 334 g/mol. The molecule has 0 fully saturated rings. The standard InChI is InChI=1S/C15H24ClNO3S/c1-15(19,11-21-2)10-17-7-13(18)9-20-8-12-5-3-4-6-14(12)16/h3-6,13,17-19H,7-11H2,1-2H3. The van der Waals surface area contributed by atoms with E-state index >= 15 is 0 Å². The van der Waals surface area contributed by atoms with E-state index in [0.717, 1.165) is 5.56 Å². The van der Waals surface area contributed by atoms with Gasteiger partial charge in [0.15, 0.2) is 0 Å². The first-order valence-electron chi connectivity index (χ1n) is 6.86. The lowest BCUT2D eigenvalue weighted by Gasteiger charge is -2.23. The second-order valence-corrected chi connectivity index (χ2v) is 6.59. The van der Waals surface area contributed by atoms with Crippen LogP contribution in [0.4, 0.5) is 0 Å². The zero-order chi connectivity index (χ0) is 15.7. The highest BCUT2D eigenvalue weighted by Crippen LogP contribution is 2.15. The largest absolute Gasteiger partial charge is 0.389 e. The Labute approximate surface area is 135 Å². The van der Waals surface area contributed by atoms with E-state index < -0.39 is 11.7 Å². The van der Waals surface area contributed by atoms with E-state index in [2.05, 4.69) is 5.32 Å². The second kappa shape index (κ2) is 9.66. The fourth-order valence-corrected chi connectivity index (χ4v) is 2.76. The molecule has 0 spiro atoms. The van der Waals surface area contributed by atoms with Gasteiger partial charge < -0.3 is 20.3 Å². The van der Waals surface area contributed by atoms with Crippen molar-refractivity contribution in [1.29, 1.82) is 0 Å². The number of aliphatic hydroxyl groups is 2. The fraction of sp³-hybridized carbons (Fsp3) is 0.600. The molecule has 0 saturated heterocycles. The molecule has 0 heterocycles. The van der Waals surface area contributed by atoms with Gasteiger partial charge in [-0.25, -0.2) is 0 Å². The van der Waals surface area contributed by atoms with Gasteiger partial charge >= 0.3 is 0 Å². The van der Waals surface area contributed by atoms with Crippen molar-refractivity contribution in [3.8, 4) is 0 Å². The summed E-state index contributed by atoms with van der Waals surface area (Å²) in [6.07, 6.45) is 1.34. The molecule has 0 bridgehead atoms. The quantitative estimate of drug-likeness (QED) is 0.610. The molecule has 6 heteroatoms. The Balaban J connectivity index is 2.17. The van der Waals surface area contributed by atoms with Gasteiger partial charge in [0.05, 0.1) is 24.9 Å². The van der Waals surface area contributed by atoms with Crippen LogP contribution in [0.25, 0.3) is 0 Å². The number of rotatable bonds is 10. The summed E-state index contributed by atoms with van der Waals surface area (Å²) in [4.78, 5) is 0. The molecule has 1 rings (SSSR count). The van der Waals surface area contributed by atoms with Crippen molar-refractivity contribution in [3.63, 3.8) is 0 Å². The molecule has 0 aliphatic carbocycles. The molecule has 21 heavy (non-hydrogen) atoms. The van der Waals surface area contributed by atoms with E-state index in [-0.39, 0.29) is 6.61 Å². The molecule has 0 radical (unpaired) electrons. The fourth-order valence-electron chi connectivity index (χ4n) is 1.85. The van der Waals surface area contributed by atoms with Crippen molar-refractivity contribution in [2.75, 3.05) is 31.7 Å². The van der Waals surface area contributed by atoms with Gasteiger partial charge in [-0.05, 0) is 24.8 Å². The zero-order valence-corrected chi connectivity index (χ0v) is 14.1. The first-order chi connectivity index (χ1) is 9.94. The van der Waals surface area contributed by atoms with Crippen LogP contribution in [0.2, 0.25) is 5.02 Å². The topological polar surface area (TPSA) is 61.7 Å².